The van der Waals surface area contributed by atoms with Crippen molar-refractivity contribution in [3.63, 3.8) is 0 Å². The fraction of sp³-hybridized carbons (Fsp3) is 0.483. The Morgan fingerprint density at radius 1 is 0.868 bits per heavy atom. The normalized spacial score (nSPS) is 30.5. The summed E-state index contributed by atoms with van der Waals surface area (Å²) >= 11 is 6.59. The van der Waals surface area contributed by atoms with E-state index in [1.165, 1.54) is 9.21 Å². The zero-order valence-corrected chi connectivity index (χ0v) is 22.8. The summed E-state index contributed by atoms with van der Waals surface area (Å²) in [4.78, 5) is 42.7. The van der Waals surface area contributed by atoms with Crippen LogP contribution in [-0.4, -0.2) is 47.8 Å². The Balaban J connectivity index is 1.44. The number of sulfonamides is 1. The Labute approximate surface area is 228 Å². The standard InChI is InChI=1S/C29H31ClN2O5S/c1-17-11-13-19(14-12-17)38(36,37)31-16-22-25-21(28(34)32(29(25)35)18-7-3-2-4-8-18)15-24(33)26(22)27(31)20-9-5-6-10-23(20)30/h5-6,9-14,18,21-22,25-27H,2-4,7-8,15-16H2,1H3/t21-,22-,25-,26-,27-/m0/s1. The molecule has 2 aromatic rings. The molecule has 0 aromatic heterocycles. The molecule has 200 valence electrons. The van der Waals surface area contributed by atoms with Gasteiger partial charge in [-0.3, -0.25) is 19.3 Å². The molecule has 2 aliphatic heterocycles. The number of carbonyl (C=O) groups is 3. The molecular weight excluding hydrogens is 524 g/mol. The van der Waals surface area contributed by atoms with E-state index >= 15 is 0 Å². The smallest absolute Gasteiger partial charge is 0.243 e. The number of aryl methyl sites for hydroxylation is 1. The molecule has 2 aromatic carbocycles. The van der Waals surface area contributed by atoms with E-state index in [9.17, 15) is 22.8 Å². The zero-order chi connectivity index (χ0) is 26.8. The second-order valence-corrected chi connectivity index (χ2v) is 13.5. The second-order valence-electron chi connectivity index (χ2n) is 11.2. The van der Waals surface area contributed by atoms with Crippen LogP contribution in [0.2, 0.25) is 5.02 Å². The molecule has 2 aliphatic carbocycles. The fourth-order valence-corrected chi connectivity index (χ4v) is 9.19. The monoisotopic (exact) mass is 554 g/mol. The van der Waals surface area contributed by atoms with Crippen molar-refractivity contribution in [1.29, 1.82) is 0 Å². The van der Waals surface area contributed by atoms with Gasteiger partial charge in [0.2, 0.25) is 21.8 Å². The summed E-state index contributed by atoms with van der Waals surface area (Å²) in [5.74, 6) is -3.42. The van der Waals surface area contributed by atoms with Crippen molar-refractivity contribution in [3.05, 3.63) is 64.7 Å². The van der Waals surface area contributed by atoms with Crippen LogP contribution < -0.4 is 0 Å². The van der Waals surface area contributed by atoms with Crippen molar-refractivity contribution in [2.75, 3.05) is 6.54 Å². The van der Waals surface area contributed by atoms with Gasteiger partial charge in [0, 0.05) is 29.9 Å². The summed E-state index contributed by atoms with van der Waals surface area (Å²) in [5, 5.41) is 0.370. The number of carbonyl (C=O) groups excluding carboxylic acids is 3. The maximum atomic E-state index is 14.0. The van der Waals surface area contributed by atoms with Gasteiger partial charge in [-0.05, 0) is 49.4 Å². The highest BCUT2D eigenvalue weighted by molar-refractivity contribution is 7.89. The van der Waals surface area contributed by atoms with E-state index < -0.39 is 39.7 Å². The highest BCUT2D eigenvalue weighted by Crippen LogP contribution is 2.55. The molecular formula is C29H31ClN2O5S. The Hall–Kier alpha value is -2.55. The molecule has 0 unspecified atom stereocenters. The van der Waals surface area contributed by atoms with Gasteiger partial charge in [0.05, 0.1) is 22.8 Å². The number of benzene rings is 2. The Kier molecular flexibility index (Phi) is 6.48. The third kappa shape index (κ3) is 3.95. The molecule has 6 rings (SSSR count). The number of nitrogens with zero attached hydrogens (tertiary/aromatic N) is 2. The quantitative estimate of drug-likeness (QED) is 0.518. The average molecular weight is 555 g/mol. The van der Waals surface area contributed by atoms with E-state index in [4.69, 9.17) is 11.6 Å². The van der Waals surface area contributed by atoms with Gasteiger partial charge >= 0.3 is 0 Å². The van der Waals surface area contributed by atoms with Gasteiger partial charge in [0.25, 0.3) is 0 Å². The number of rotatable bonds is 4. The predicted octanol–water partition coefficient (Wildman–Crippen LogP) is 4.53. The van der Waals surface area contributed by atoms with Crippen LogP contribution in [0.4, 0.5) is 0 Å². The number of hydrogen-bond acceptors (Lipinski definition) is 5. The lowest BCUT2D eigenvalue weighted by Gasteiger charge is -2.34. The van der Waals surface area contributed by atoms with Crippen molar-refractivity contribution in [2.45, 2.75) is 62.4 Å². The van der Waals surface area contributed by atoms with Crippen LogP contribution in [-0.2, 0) is 24.4 Å². The van der Waals surface area contributed by atoms with Gasteiger partial charge in [-0.25, -0.2) is 8.42 Å². The summed E-state index contributed by atoms with van der Waals surface area (Å²) in [6.07, 6.45) is 4.57. The molecule has 0 radical (unpaired) electrons. The van der Waals surface area contributed by atoms with Crippen molar-refractivity contribution in [1.82, 2.24) is 9.21 Å². The summed E-state index contributed by atoms with van der Waals surface area (Å²) in [6.45, 7) is 1.87. The lowest BCUT2D eigenvalue weighted by Crippen LogP contribution is -2.43. The number of fused-ring (bicyclic) bond motifs is 3. The first kappa shape index (κ1) is 25.7. The topological polar surface area (TPSA) is 91.8 Å². The predicted molar refractivity (Wildman–Crippen MR) is 142 cm³/mol. The highest BCUT2D eigenvalue weighted by Gasteiger charge is 2.64. The van der Waals surface area contributed by atoms with Crippen molar-refractivity contribution in [3.8, 4) is 0 Å². The van der Waals surface area contributed by atoms with E-state index in [1.54, 1.807) is 48.5 Å². The van der Waals surface area contributed by atoms with Crippen LogP contribution >= 0.6 is 11.6 Å². The van der Waals surface area contributed by atoms with Crippen LogP contribution in [0.25, 0.3) is 0 Å². The first-order chi connectivity index (χ1) is 18.2. The van der Waals surface area contributed by atoms with Crippen LogP contribution in [0.3, 0.4) is 0 Å². The van der Waals surface area contributed by atoms with E-state index in [1.807, 2.05) is 6.92 Å². The molecule has 2 saturated carbocycles. The number of ketones is 1. The molecule has 2 amide bonds. The Morgan fingerprint density at radius 2 is 1.55 bits per heavy atom. The first-order valence-corrected chi connectivity index (χ1v) is 15.2. The largest absolute Gasteiger partial charge is 0.299 e. The van der Waals surface area contributed by atoms with E-state index in [2.05, 4.69) is 0 Å². The molecule has 0 N–H and O–H groups in total. The fourth-order valence-electron chi connectivity index (χ4n) is 7.28. The molecule has 4 aliphatic rings. The average Bonchev–Trinajstić information content (AvgIpc) is 3.42. The third-order valence-corrected chi connectivity index (χ3v) is 11.3. The number of Topliss-reactive ketones (excluding diaryl/α,β-unsaturated/α-hetero) is 1. The van der Waals surface area contributed by atoms with E-state index in [-0.39, 0.29) is 41.5 Å². The van der Waals surface area contributed by atoms with Gasteiger partial charge < -0.3 is 0 Å². The molecule has 2 heterocycles. The maximum Gasteiger partial charge on any atom is 0.243 e. The maximum absolute atomic E-state index is 14.0. The van der Waals surface area contributed by atoms with Crippen LogP contribution in [0.1, 0.15) is 55.7 Å². The summed E-state index contributed by atoms with van der Waals surface area (Å²) in [5.41, 5.74) is 1.47. The molecule has 38 heavy (non-hydrogen) atoms. The van der Waals surface area contributed by atoms with Crippen LogP contribution in [0, 0.1) is 30.6 Å². The highest BCUT2D eigenvalue weighted by atomic mass is 35.5. The van der Waals surface area contributed by atoms with Crippen molar-refractivity contribution < 1.29 is 22.8 Å². The minimum absolute atomic E-state index is 0.0127. The van der Waals surface area contributed by atoms with Gasteiger partial charge in [-0.1, -0.05) is 66.8 Å². The second kappa shape index (κ2) is 9.57. The van der Waals surface area contributed by atoms with Crippen LogP contribution in [0.15, 0.2) is 53.4 Å². The van der Waals surface area contributed by atoms with E-state index in [0.29, 0.717) is 10.6 Å². The number of hydrogen-bond donors (Lipinski definition) is 0. The number of imide groups is 1. The SMILES string of the molecule is Cc1ccc(S(=O)(=O)N2C[C@H]3[C@H]4C(=O)N(C5CCCCC5)C(=O)[C@H]4CC(=O)[C@H]3[C@@H]2c2ccccc2Cl)cc1. The van der Waals surface area contributed by atoms with Crippen molar-refractivity contribution in [2.24, 2.45) is 23.7 Å². The molecule has 7 nitrogen and oxygen atoms in total. The summed E-state index contributed by atoms with van der Waals surface area (Å²) in [7, 11) is -4.03. The summed E-state index contributed by atoms with van der Waals surface area (Å²) < 4.78 is 29.5. The zero-order valence-electron chi connectivity index (χ0n) is 21.3. The Morgan fingerprint density at radius 3 is 2.24 bits per heavy atom. The molecule has 0 bridgehead atoms. The Bertz CT molecular complexity index is 1400. The molecule has 4 fully saturated rings. The van der Waals surface area contributed by atoms with Gasteiger partial charge in [0.1, 0.15) is 5.78 Å². The van der Waals surface area contributed by atoms with Crippen molar-refractivity contribution >= 4 is 39.2 Å². The molecule has 2 saturated heterocycles. The minimum atomic E-state index is -4.03. The minimum Gasteiger partial charge on any atom is -0.299 e. The molecule has 0 spiro atoms. The molecule has 9 heteroatoms. The first-order valence-electron chi connectivity index (χ1n) is 13.4. The third-order valence-electron chi connectivity index (χ3n) is 9.06. The van der Waals surface area contributed by atoms with Gasteiger partial charge in [-0.15, -0.1) is 0 Å². The van der Waals surface area contributed by atoms with Gasteiger partial charge in [-0.2, -0.15) is 4.31 Å². The number of likely N-dealkylation sites (tertiary alicyclic amines) is 1. The van der Waals surface area contributed by atoms with Crippen LogP contribution in [0.5, 0.6) is 0 Å². The van der Waals surface area contributed by atoms with E-state index in [0.717, 1.165) is 37.7 Å². The van der Waals surface area contributed by atoms with Gasteiger partial charge in [0.15, 0.2) is 0 Å². The lowest BCUT2D eigenvalue weighted by atomic mass is 9.66. The molecule has 5 atom stereocenters. The lowest BCUT2D eigenvalue weighted by molar-refractivity contribution is -0.143. The number of amides is 2. The number of halogens is 1. The summed E-state index contributed by atoms with van der Waals surface area (Å²) in [6, 6.07) is 12.6.